The van der Waals surface area contributed by atoms with Gasteiger partial charge in [0.2, 0.25) is 5.92 Å². The minimum atomic E-state index is -1.49. The Morgan fingerprint density at radius 2 is 0.827 bits per heavy atom. The molecule has 0 bridgehead atoms. The molecule has 0 saturated carbocycles. The molecular weight excluding hydrogens is 1290 g/mol. The van der Waals surface area contributed by atoms with Crippen molar-refractivity contribution < 1.29 is 101 Å². The number of aromatic nitrogens is 15. The normalized spacial score (nSPS) is 10.9. The number of aliphatic hydroxyl groups excluding tert-OH is 2. The molecule has 0 unspecified atom stereocenters. The van der Waals surface area contributed by atoms with Crippen LogP contribution in [0.2, 0.25) is 0 Å². The fraction of sp³-hybridized carbons (Fsp3) is 0.354. The number of hydrogen-bond acceptors (Lipinski definition) is 17. The molecule has 33 heteroatoms. The summed E-state index contributed by atoms with van der Waals surface area (Å²) in [4.78, 5) is 138. The van der Waals surface area contributed by atoms with E-state index in [0.717, 1.165) is 72.5 Å². The van der Waals surface area contributed by atoms with Crippen LogP contribution < -0.4 is 94.6 Å². The molecule has 0 atom stereocenters. The van der Waals surface area contributed by atoms with E-state index < -0.39 is 52.0 Å². The van der Waals surface area contributed by atoms with Gasteiger partial charge in [-0.2, -0.15) is 0 Å². The number of rotatable bonds is 16. The molecule has 0 aliphatic rings. The summed E-state index contributed by atoms with van der Waals surface area (Å²) in [7, 11) is 10.5. The molecule has 12 aromatic rings. The summed E-state index contributed by atoms with van der Waals surface area (Å²) in [6.45, 7) is 11.5. The number of nitrogens with zero attached hydrogens (tertiary/aromatic N) is 12. The van der Waals surface area contributed by atoms with E-state index in [-0.39, 0.29) is 157 Å². The van der Waals surface area contributed by atoms with Gasteiger partial charge in [-0.3, -0.25) is 56.2 Å². The molecule has 0 aliphatic heterocycles. The number of benzene rings is 3. The number of ether oxygens (including phenoxy) is 3. The average Bonchev–Trinajstić information content (AvgIpc) is 1.64. The number of aliphatic hydroxyl groups is 2. The summed E-state index contributed by atoms with van der Waals surface area (Å²) in [5.74, 6) is -2.72. The quantitative estimate of drug-likeness (QED) is 0.0260. The number of carbonyl (C=O) groups is 3. The Kier molecular flexibility index (Phi) is 27.3. The van der Waals surface area contributed by atoms with Gasteiger partial charge in [0.15, 0.2) is 33.5 Å². The first-order valence-electron chi connectivity index (χ1n) is 30.1. The smallest absolute Gasteiger partial charge is 1.00 e. The fourth-order valence-corrected chi connectivity index (χ4v) is 11.4. The van der Waals surface area contributed by atoms with Gasteiger partial charge in [-0.15, -0.1) is 0 Å². The van der Waals surface area contributed by atoms with Crippen molar-refractivity contribution in [1.29, 1.82) is 0 Å². The predicted molar refractivity (Wildman–Crippen MR) is 359 cm³/mol. The van der Waals surface area contributed by atoms with Crippen molar-refractivity contribution in [3.05, 3.63) is 187 Å². The molecule has 9 heterocycles. The Morgan fingerprint density at radius 1 is 0.500 bits per heavy atom. The maximum Gasteiger partial charge on any atom is 1.00 e. The van der Waals surface area contributed by atoms with Gasteiger partial charge in [-0.05, 0) is 112 Å². The van der Waals surface area contributed by atoms with E-state index in [1.807, 2.05) is 87.5 Å². The van der Waals surface area contributed by atoms with Crippen LogP contribution in [0.25, 0.3) is 66.2 Å². The number of imidazole rings is 3. The first-order chi connectivity index (χ1) is 44.9. The molecule has 0 fully saturated rings. The number of aryl methyl sites for hydroxylation is 9. The Balaban J connectivity index is 0.000000306. The molecule has 98 heavy (non-hydrogen) atoms. The van der Waals surface area contributed by atoms with Crippen LogP contribution in [0.3, 0.4) is 0 Å². The summed E-state index contributed by atoms with van der Waals surface area (Å²) in [6.07, 6.45) is 0.244. The predicted octanol–water partition coefficient (Wildman–Crippen LogP) is -5.98. The van der Waals surface area contributed by atoms with Crippen molar-refractivity contribution in [2.45, 2.75) is 79.9 Å². The van der Waals surface area contributed by atoms with Crippen molar-refractivity contribution in [3.8, 4) is 0 Å². The molecule has 0 saturated heterocycles. The molecule has 5 N–H and O–H groups in total. The average molecular weight is 1370 g/mol. The topological polar surface area (TPSA) is 352 Å². The van der Waals surface area contributed by atoms with Crippen molar-refractivity contribution >= 4 is 92.5 Å². The number of hydrogen-bond donors (Lipinski definition) is 5. The van der Waals surface area contributed by atoms with Crippen LogP contribution in [0.5, 0.6) is 0 Å². The summed E-state index contributed by atoms with van der Waals surface area (Å²) in [5, 5.41) is 19.2. The van der Waals surface area contributed by atoms with Crippen molar-refractivity contribution in [3.63, 3.8) is 0 Å². The molecule has 0 amide bonds. The molecular formula is C65H76BClLiN15NaO14. The number of carbonyl (C=O) groups excluding carboxylic acids is 3. The van der Waals surface area contributed by atoms with E-state index >= 15 is 0 Å². The first-order valence-corrected chi connectivity index (χ1v) is 30.1. The third kappa shape index (κ3) is 15.8. The van der Waals surface area contributed by atoms with E-state index in [2.05, 4.69) is 36.0 Å². The van der Waals surface area contributed by atoms with Gasteiger partial charge in [0.25, 0.3) is 16.7 Å². The molecule has 507 valence electrons. The van der Waals surface area contributed by atoms with Crippen LogP contribution in [0, 0.1) is 20.8 Å². The van der Waals surface area contributed by atoms with Crippen molar-refractivity contribution in [2.24, 2.45) is 42.3 Å². The van der Waals surface area contributed by atoms with E-state index in [9.17, 15) is 48.3 Å². The molecule has 12 rings (SSSR count). The number of fused-ring (bicyclic) bond motifs is 6. The van der Waals surface area contributed by atoms with Gasteiger partial charge < -0.3 is 66.9 Å². The number of halogens is 1. The Hall–Kier alpha value is -8.99. The van der Waals surface area contributed by atoms with Gasteiger partial charge in [-0.25, -0.2) is 29.3 Å². The van der Waals surface area contributed by atoms with Gasteiger partial charge >= 0.3 is 83.4 Å². The zero-order valence-corrected chi connectivity index (χ0v) is 60.2. The Labute approximate surface area is 602 Å². The second-order valence-electron chi connectivity index (χ2n) is 22.5. The van der Waals surface area contributed by atoms with Crippen molar-refractivity contribution in [2.75, 3.05) is 33.5 Å². The SMILES string of the molecule is CCOC(=O)C(C(=O)OCC)c1nc2c(c(=O)n(Cc3cc4cc(C)ccc4[nH]3)c(=O)n2C)n1C.CCOC(=O)Cc1nc2c(c(=O)n(Cc3cc4cc(C)ccc4[nH]3)c(=O)n2C)n1C.CO.Cc1ccc2[nH]c(Cn3c(=O)c4c(nc(CCO)n4C)n(C)c3=O)cc2c1.[B].[Cl-].[H-].[Li+].[Na+]. The summed E-state index contributed by atoms with van der Waals surface area (Å²) < 4.78 is 27.0. The Morgan fingerprint density at radius 3 is 1.17 bits per heavy atom. The van der Waals surface area contributed by atoms with Crippen LogP contribution in [0.15, 0.2) is 102 Å². The zero-order valence-electron chi connectivity index (χ0n) is 58.5. The van der Waals surface area contributed by atoms with Crippen LogP contribution >= 0.6 is 0 Å². The van der Waals surface area contributed by atoms with Crippen LogP contribution in [0.1, 0.15) is 79.4 Å². The minimum absolute atomic E-state index is 0. The monoisotopic (exact) mass is 1370 g/mol. The third-order valence-electron chi connectivity index (χ3n) is 16.0. The number of esters is 3. The number of aromatic amines is 3. The van der Waals surface area contributed by atoms with E-state index in [1.165, 1.54) is 41.5 Å². The largest absolute Gasteiger partial charge is 1.00 e. The van der Waals surface area contributed by atoms with E-state index in [4.69, 9.17) is 19.3 Å². The summed E-state index contributed by atoms with van der Waals surface area (Å²) in [5.41, 5.74) is 6.83. The Bertz CT molecular complexity index is 5320. The zero-order chi connectivity index (χ0) is 68.3. The molecule has 0 spiro atoms. The molecule has 3 radical (unpaired) electrons. The summed E-state index contributed by atoms with van der Waals surface area (Å²) >= 11 is 0. The fourth-order valence-electron chi connectivity index (χ4n) is 11.4. The molecule has 29 nitrogen and oxygen atoms in total. The molecule has 0 aliphatic carbocycles. The molecule has 3 aromatic carbocycles. The second kappa shape index (κ2) is 33.5. The number of nitrogens with one attached hydrogen (secondary N) is 3. The maximum absolute atomic E-state index is 13.5. The second-order valence-corrected chi connectivity index (χ2v) is 22.5. The van der Waals surface area contributed by atoms with Crippen LogP contribution in [-0.2, 0) is 103 Å². The van der Waals surface area contributed by atoms with E-state index in [1.54, 1.807) is 58.1 Å². The summed E-state index contributed by atoms with van der Waals surface area (Å²) in [6, 6.07) is 23.8. The first kappa shape index (κ1) is 79.7. The van der Waals surface area contributed by atoms with E-state index in [0.29, 0.717) is 34.9 Å². The van der Waals surface area contributed by atoms with Gasteiger partial charge in [0.1, 0.15) is 23.9 Å². The van der Waals surface area contributed by atoms with Crippen LogP contribution in [-0.4, -0.2) is 141 Å². The number of H-pyrrole nitrogens is 3. The molecule has 9 aromatic heterocycles. The van der Waals surface area contributed by atoms with Gasteiger partial charge in [0.05, 0.1) is 46.1 Å². The standard InChI is InChI=1S/C24H27N5O6.C21H23N5O4.C19H21N5O3.CH4O.B.ClH.Li.Na.H/c1-6-34-22(31)17(23(32)35-7-2)19-26-20-18(27(19)4)21(30)29(24(33)28(20)5)12-15-11-14-10-13(3)8-9-16(14)25-15;1-5-30-17(27)10-16-23-19-18(24(16)3)20(28)26(21(29)25(19)4)11-14-9-13-8-12(2)6-7-15(13)22-14;1-11-4-5-14-12(8-11)9-13(20-14)10-24-18(26)16-17(23(3)19(24)27)21-15(6-7-25)22(16)2;1-2;;;;;/h8-11,17,25H,6-7,12H2,1-5H3;6-9,22H,5,10-11H2,1-4H3;4-5,8-9,20,25H,6-7,10H2,1-3H3;2H,1H3;;1H;;;/q;;;;;;2*+1;-1/p-1. The minimum Gasteiger partial charge on any atom is -1.00 e. The van der Waals surface area contributed by atoms with Gasteiger partial charge in [0, 0.05) is 97.9 Å². The van der Waals surface area contributed by atoms with Crippen LogP contribution in [0.4, 0.5) is 0 Å². The van der Waals surface area contributed by atoms with Crippen molar-refractivity contribution in [1.82, 2.24) is 71.0 Å². The van der Waals surface area contributed by atoms with Gasteiger partial charge in [-0.1, -0.05) is 34.9 Å². The third-order valence-corrected chi connectivity index (χ3v) is 16.0. The maximum atomic E-state index is 13.5.